The van der Waals surface area contributed by atoms with Crippen LogP contribution >= 0.6 is 0 Å². The number of rotatable bonds is 10. The van der Waals surface area contributed by atoms with Crippen molar-refractivity contribution < 1.29 is 0 Å². The Balaban J connectivity index is 0.898. The highest BCUT2D eigenvalue weighted by Gasteiger charge is 2.50. The summed E-state index contributed by atoms with van der Waals surface area (Å²) in [5.41, 5.74) is 20.1. The van der Waals surface area contributed by atoms with Gasteiger partial charge in [0.05, 0.1) is 21.9 Å². The van der Waals surface area contributed by atoms with Crippen LogP contribution in [0.5, 0.6) is 0 Å². The molecule has 0 radical (unpaired) electrons. The first kappa shape index (κ1) is 47.8. The van der Waals surface area contributed by atoms with E-state index in [0.29, 0.717) is 0 Å². The summed E-state index contributed by atoms with van der Waals surface area (Å²) in [7, 11) is -2.91. The van der Waals surface area contributed by atoms with Crippen LogP contribution in [0.4, 0.5) is 0 Å². The van der Waals surface area contributed by atoms with E-state index in [-0.39, 0.29) is 0 Å². The van der Waals surface area contributed by atoms with E-state index in [9.17, 15) is 0 Å². The molecule has 0 atom stereocenters. The minimum atomic E-state index is -2.91. The number of para-hydroxylation sites is 1. The number of nitrogens with zero attached hydrogens (tertiary/aromatic N) is 1. The zero-order valence-corrected chi connectivity index (χ0v) is 46.2. The van der Waals surface area contributed by atoms with E-state index >= 15 is 0 Å². The minimum absolute atomic E-state index is 0.503. The van der Waals surface area contributed by atoms with Crippen LogP contribution < -0.4 is 20.7 Å². The van der Waals surface area contributed by atoms with Crippen molar-refractivity contribution in [3.63, 3.8) is 0 Å². The van der Waals surface area contributed by atoms with E-state index in [1.165, 1.54) is 120 Å². The van der Waals surface area contributed by atoms with Crippen molar-refractivity contribution in [1.29, 1.82) is 0 Å². The second-order valence-electron chi connectivity index (χ2n) is 22.2. The first-order valence-electron chi connectivity index (χ1n) is 28.7. The Morgan fingerprint density at radius 1 is 0.232 bits per heavy atom. The molecule has 0 aliphatic heterocycles. The normalized spacial score (nSPS) is 13.6. The molecule has 1 aromatic heterocycles. The highest BCUT2D eigenvalue weighted by atomic mass is 28.3. The fourth-order valence-corrected chi connectivity index (χ4v) is 19.7. The molecule has 13 aromatic carbocycles. The van der Waals surface area contributed by atoms with Crippen molar-refractivity contribution in [1.82, 2.24) is 4.57 Å². The van der Waals surface area contributed by atoms with Crippen molar-refractivity contribution >= 4 is 50.6 Å². The third-order valence-corrected chi connectivity index (χ3v) is 23.1. The van der Waals surface area contributed by atoms with Crippen LogP contribution in [0.1, 0.15) is 44.5 Å². The summed E-state index contributed by atoms with van der Waals surface area (Å²) in [6.07, 6.45) is 0. The topological polar surface area (TPSA) is 4.93 Å². The van der Waals surface area contributed by atoms with E-state index in [1.807, 2.05) is 0 Å². The van der Waals surface area contributed by atoms with Crippen LogP contribution in [0.15, 0.2) is 334 Å². The molecule has 0 amide bonds. The van der Waals surface area contributed by atoms with Gasteiger partial charge in [0.1, 0.15) is 0 Å². The maximum absolute atomic E-state index is 2.91. The van der Waals surface area contributed by atoms with Gasteiger partial charge in [0.15, 0.2) is 8.07 Å². The van der Waals surface area contributed by atoms with E-state index in [2.05, 4.69) is 338 Å². The number of benzene rings is 13. The molecule has 16 rings (SSSR count). The van der Waals surface area contributed by atoms with Gasteiger partial charge >= 0.3 is 0 Å². The van der Waals surface area contributed by atoms with E-state index in [1.54, 1.807) is 0 Å². The molecular weight excluding hydrogens is 1000 g/mol. The summed E-state index contributed by atoms with van der Waals surface area (Å²) in [5, 5.41) is 7.90. The predicted molar refractivity (Wildman–Crippen MR) is 344 cm³/mol. The minimum Gasteiger partial charge on any atom is -0.309 e. The average molecular weight is 1060 g/mol. The molecule has 0 bridgehead atoms. The molecule has 2 heteroatoms. The molecule has 0 fully saturated rings. The molecular formula is C80H55NSi. The van der Waals surface area contributed by atoms with Gasteiger partial charge in [0.2, 0.25) is 0 Å². The SMILES string of the molecule is c1ccc(C2(c3ccccc3)c3ccccc3-c3ccc(-n4c5ccccc5c5cc(-c6ccc7c(c6)C(c6ccccc6)(c6ccccc6)c6cc([Si](c8ccccc8)(c8ccccc8)c8ccccc8)ccc6-7)ccc54)cc32)cc1. The maximum atomic E-state index is 2.62. The maximum Gasteiger partial charge on any atom is 0.179 e. The summed E-state index contributed by atoms with van der Waals surface area (Å²) in [6.45, 7) is 0. The molecule has 2 aliphatic rings. The van der Waals surface area contributed by atoms with Gasteiger partial charge in [0, 0.05) is 16.5 Å². The lowest BCUT2D eigenvalue weighted by molar-refractivity contribution is 0.767. The standard InChI is InChI=1S/C80H55NSi/c1-8-26-58(27-9-1)79(59-28-10-2-11-29-59)73-42-24-22-40-67(73)69-49-46-62(54-75(69)79)81-77-43-25-23-41-71(77)72-52-56(45-51-78(72)81)57-44-48-68-70-50-47-66(55-76(70)80(74(68)53-57,60-30-12-3-13-31-60)61-32-14-4-15-33-61)82(63-34-16-5-17-35-63,64-36-18-6-19-37-64)65-38-20-7-21-39-65/h1-55H. The van der Waals surface area contributed by atoms with E-state index in [4.69, 9.17) is 0 Å². The van der Waals surface area contributed by atoms with Crippen LogP contribution in [0.25, 0.3) is 60.9 Å². The third-order valence-electron chi connectivity index (χ3n) is 18.3. The predicted octanol–water partition coefficient (Wildman–Crippen LogP) is 16.6. The number of aromatic nitrogens is 1. The molecule has 82 heavy (non-hydrogen) atoms. The van der Waals surface area contributed by atoms with Crippen LogP contribution in [-0.2, 0) is 10.8 Å². The van der Waals surface area contributed by atoms with Gasteiger partial charge in [0.25, 0.3) is 0 Å². The number of hydrogen-bond acceptors (Lipinski definition) is 0. The molecule has 1 nitrogen and oxygen atoms in total. The molecule has 14 aromatic rings. The van der Waals surface area contributed by atoms with Crippen LogP contribution in [0.3, 0.4) is 0 Å². The lowest BCUT2D eigenvalue weighted by Gasteiger charge is -2.37. The van der Waals surface area contributed by atoms with Gasteiger partial charge in [-0.25, -0.2) is 0 Å². The first-order chi connectivity index (χ1) is 40.7. The molecule has 384 valence electrons. The van der Waals surface area contributed by atoms with Crippen molar-refractivity contribution in [2.75, 3.05) is 0 Å². The van der Waals surface area contributed by atoms with Gasteiger partial charge in [-0.1, -0.05) is 297 Å². The quantitative estimate of drug-likeness (QED) is 0.0950. The Kier molecular flexibility index (Phi) is 11.1. The monoisotopic (exact) mass is 1060 g/mol. The fraction of sp³-hybridized carbons (Fsp3) is 0.0250. The molecule has 0 unspecified atom stereocenters. The fourth-order valence-electron chi connectivity index (χ4n) is 15.0. The molecule has 0 saturated heterocycles. The molecule has 0 saturated carbocycles. The Morgan fingerprint density at radius 2 is 0.610 bits per heavy atom. The lowest BCUT2D eigenvalue weighted by Crippen LogP contribution is -2.74. The average Bonchev–Trinajstić information content (AvgIpc) is 4.31. The second kappa shape index (κ2) is 19.0. The zero-order chi connectivity index (χ0) is 54.2. The molecule has 1 heterocycles. The van der Waals surface area contributed by atoms with Crippen molar-refractivity contribution in [3.05, 3.63) is 378 Å². The van der Waals surface area contributed by atoms with Crippen LogP contribution in [0, 0.1) is 0 Å². The first-order valence-corrected chi connectivity index (χ1v) is 30.7. The summed E-state index contributed by atoms with van der Waals surface area (Å²) < 4.78 is 2.49. The summed E-state index contributed by atoms with van der Waals surface area (Å²) >= 11 is 0. The Labute approximate surface area is 480 Å². The number of fused-ring (bicyclic) bond motifs is 9. The van der Waals surface area contributed by atoms with Crippen molar-refractivity contribution in [3.8, 4) is 39.1 Å². The molecule has 0 spiro atoms. The smallest absolute Gasteiger partial charge is 0.179 e. The van der Waals surface area contributed by atoms with Crippen LogP contribution in [0.2, 0.25) is 0 Å². The Hall–Kier alpha value is -10.1. The summed E-state index contributed by atoms with van der Waals surface area (Å²) in [5.74, 6) is 0. The van der Waals surface area contributed by atoms with Gasteiger partial charge in [-0.3, -0.25) is 0 Å². The summed E-state index contributed by atoms with van der Waals surface area (Å²) in [6, 6.07) is 126. The van der Waals surface area contributed by atoms with Crippen molar-refractivity contribution in [2.45, 2.75) is 10.8 Å². The largest absolute Gasteiger partial charge is 0.309 e. The van der Waals surface area contributed by atoms with E-state index in [0.717, 1.165) is 5.69 Å². The third kappa shape index (κ3) is 6.86. The lowest BCUT2D eigenvalue weighted by atomic mass is 9.67. The van der Waals surface area contributed by atoms with Crippen LogP contribution in [-0.4, -0.2) is 12.6 Å². The van der Waals surface area contributed by atoms with E-state index < -0.39 is 18.9 Å². The van der Waals surface area contributed by atoms with Crippen molar-refractivity contribution in [2.24, 2.45) is 0 Å². The Morgan fingerprint density at radius 3 is 1.16 bits per heavy atom. The zero-order valence-electron chi connectivity index (χ0n) is 45.2. The highest BCUT2D eigenvalue weighted by molar-refractivity contribution is 7.19. The molecule has 2 aliphatic carbocycles. The number of hydrogen-bond donors (Lipinski definition) is 0. The van der Waals surface area contributed by atoms with Gasteiger partial charge < -0.3 is 4.57 Å². The molecule has 0 N–H and O–H groups in total. The van der Waals surface area contributed by atoms with Gasteiger partial charge in [-0.2, -0.15) is 0 Å². The summed E-state index contributed by atoms with van der Waals surface area (Å²) in [4.78, 5) is 0. The highest BCUT2D eigenvalue weighted by Crippen LogP contribution is 2.58. The Bertz CT molecular complexity index is 4530. The van der Waals surface area contributed by atoms with Gasteiger partial charge in [-0.15, -0.1) is 0 Å². The van der Waals surface area contributed by atoms with Gasteiger partial charge in [-0.05, 0) is 135 Å². The second-order valence-corrected chi connectivity index (χ2v) is 26.0.